The van der Waals surface area contributed by atoms with Gasteiger partial charge in [0.15, 0.2) is 11.6 Å². The number of nitrogens with zero attached hydrogens (tertiary/aromatic N) is 4. The molecule has 10 heteroatoms. The Labute approximate surface area is 121 Å². The first-order chi connectivity index (χ1) is 10.6. The number of hydrogen-bond acceptors (Lipinski definition) is 6. The highest BCUT2D eigenvalue weighted by Crippen LogP contribution is 2.24. The van der Waals surface area contributed by atoms with Crippen molar-refractivity contribution < 1.29 is 18.1 Å². The van der Waals surface area contributed by atoms with E-state index in [9.17, 15) is 13.6 Å². The topological polar surface area (TPSA) is 112 Å². The smallest absolute Gasteiger partial charge is 0.323 e. The van der Waals surface area contributed by atoms with E-state index < -0.39 is 18.2 Å². The number of imidazole rings is 1. The Kier molecular flexibility index (Phi) is 3.51. The zero-order valence-corrected chi connectivity index (χ0v) is 11.0. The lowest BCUT2D eigenvalue weighted by Crippen LogP contribution is -2.30. The molecule has 0 bridgehead atoms. The summed E-state index contributed by atoms with van der Waals surface area (Å²) < 4.78 is 32.2. The molecule has 3 rings (SSSR count). The number of para-hydroxylation sites is 2. The molecular weight excluding hydrogens is 298 g/mol. The van der Waals surface area contributed by atoms with E-state index in [1.54, 1.807) is 24.3 Å². The van der Waals surface area contributed by atoms with Crippen molar-refractivity contribution in [3.63, 3.8) is 0 Å². The molecule has 3 aromatic rings. The summed E-state index contributed by atoms with van der Waals surface area (Å²) in [4.78, 5) is 18.9. The molecule has 0 aliphatic heterocycles. The number of amides is 1. The maximum absolute atomic E-state index is 13.1. The van der Waals surface area contributed by atoms with E-state index in [0.717, 1.165) is 0 Å². The second-order valence-corrected chi connectivity index (χ2v) is 4.33. The van der Waals surface area contributed by atoms with Gasteiger partial charge in [0.25, 0.3) is 6.43 Å². The summed E-state index contributed by atoms with van der Waals surface area (Å²) in [6, 6.07) is 6.69. The van der Waals surface area contributed by atoms with Gasteiger partial charge in [-0.25, -0.2) is 19.6 Å². The Morgan fingerprint density at radius 1 is 1.36 bits per heavy atom. The highest BCUT2D eigenvalue weighted by Gasteiger charge is 2.21. The lowest BCUT2D eigenvalue weighted by Gasteiger charge is -2.05. The van der Waals surface area contributed by atoms with Gasteiger partial charge in [-0.2, -0.15) is 4.98 Å². The zero-order chi connectivity index (χ0) is 15.7. The minimum atomic E-state index is -2.76. The highest BCUT2D eigenvalue weighted by molar-refractivity contribution is 5.88. The molecular formula is C12H10F2N6O2. The Bertz CT molecular complexity index is 828. The van der Waals surface area contributed by atoms with Crippen LogP contribution in [-0.4, -0.2) is 25.6 Å². The Hall–Kier alpha value is -2.88. The summed E-state index contributed by atoms with van der Waals surface area (Å²) in [6.07, 6.45) is -2.76. The number of aromatic nitrogens is 4. The molecule has 1 aromatic carbocycles. The van der Waals surface area contributed by atoms with Crippen LogP contribution in [0.5, 0.6) is 0 Å². The van der Waals surface area contributed by atoms with E-state index in [1.807, 2.05) is 5.43 Å². The number of nitrogen functional groups attached to an aromatic ring is 1. The number of rotatable bonds is 4. The number of nitrogens with two attached hydrogens (primary N) is 1. The van der Waals surface area contributed by atoms with Crippen molar-refractivity contribution in [1.82, 2.24) is 25.1 Å². The molecule has 2 heterocycles. The van der Waals surface area contributed by atoms with Crippen molar-refractivity contribution in [3.05, 3.63) is 41.8 Å². The molecule has 0 radical (unpaired) electrons. The van der Waals surface area contributed by atoms with Crippen molar-refractivity contribution in [2.75, 3.05) is 0 Å². The predicted octanol–water partition coefficient (Wildman–Crippen LogP) is 1.01. The summed E-state index contributed by atoms with van der Waals surface area (Å²) in [5.74, 6) is 3.49. The lowest BCUT2D eigenvalue weighted by atomic mass is 10.3. The van der Waals surface area contributed by atoms with E-state index in [2.05, 4.69) is 15.1 Å². The van der Waals surface area contributed by atoms with Gasteiger partial charge in [-0.05, 0) is 12.1 Å². The van der Waals surface area contributed by atoms with Crippen LogP contribution in [0.1, 0.15) is 28.8 Å². The normalized spacial score (nSPS) is 11.3. The zero-order valence-electron chi connectivity index (χ0n) is 11.0. The number of alkyl halides is 2. The van der Waals surface area contributed by atoms with Crippen molar-refractivity contribution in [3.8, 4) is 0 Å². The number of carbonyl (C=O) groups excluding carboxylic acids is 1. The SMILES string of the molecule is NNC(=O)c1nc(Cn2c(C(F)F)nc3ccccc32)no1. The van der Waals surface area contributed by atoms with Gasteiger partial charge in [-0.3, -0.25) is 10.2 Å². The first-order valence-electron chi connectivity index (χ1n) is 6.17. The molecule has 0 unspecified atom stereocenters. The first-order valence-corrected chi connectivity index (χ1v) is 6.17. The number of halogens is 2. The summed E-state index contributed by atoms with van der Waals surface area (Å²) >= 11 is 0. The third-order valence-electron chi connectivity index (χ3n) is 2.97. The molecule has 0 aliphatic carbocycles. The van der Waals surface area contributed by atoms with Crippen molar-refractivity contribution in [1.29, 1.82) is 0 Å². The maximum Gasteiger partial charge on any atom is 0.323 e. The van der Waals surface area contributed by atoms with Gasteiger partial charge in [0.05, 0.1) is 17.6 Å². The van der Waals surface area contributed by atoms with E-state index in [4.69, 9.17) is 10.4 Å². The molecule has 114 valence electrons. The van der Waals surface area contributed by atoms with Gasteiger partial charge < -0.3 is 9.09 Å². The summed E-state index contributed by atoms with van der Waals surface area (Å²) in [5.41, 5.74) is 2.78. The van der Waals surface area contributed by atoms with Crippen LogP contribution >= 0.6 is 0 Å². The third-order valence-corrected chi connectivity index (χ3v) is 2.97. The van der Waals surface area contributed by atoms with E-state index >= 15 is 0 Å². The van der Waals surface area contributed by atoms with Crippen molar-refractivity contribution >= 4 is 16.9 Å². The second-order valence-electron chi connectivity index (χ2n) is 4.33. The summed E-state index contributed by atoms with van der Waals surface area (Å²) in [6.45, 7) is -0.110. The van der Waals surface area contributed by atoms with E-state index in [-0.39, 0.29) is 18.3 Å². The number of nitrogens with one attached hydrogen (secondary N) is 1. The van der Waals surface area contributed by atoms with Crippen LogP contribution in [0.4, 0.5) is 8.78 Å². The standard InChI is InChI=1S/C12H10F2N6O2/c13-9(14)10-16-6-3-1-2-4-7(6)20(10)5-8-17-12(22-19-8)11(21)18-15/h1-4,9H,5,15H2,(H,18,21). The van der Waals surface area contributed by atoms with Gasteiger partial charge in [-0.1, -0.05) is 17.3 Å². The molecule has 0 saturated heterocycles. The van der Waals surface area contributed by atoms with Gasteiger partial charge in [0.1, 0.15) is 0 Å². The predicted molar refractivity (Wildman–Crippen MR) is 69.7 cm³/mol. The van der Waals surface area contributed by atoms with Gasteiger partial charge in [0, 0.05) is 0 Å². The highest BCUT2D eigenvalue weighted by atomic mass is 19.3. The molecule has 0 atom stereocenters. The summed E-state index contributed by atoms with van der Waals surface area (Å²) in [5, 5.41) is 3.57. The number of fused-ring (bicyclic) bond motifs is 1. The van der Waals surface area contributed by atoms with Gasteiger partial charge in [-0.15, -0.1) is 0 Å². The molecule has 0 saturated carbocycles. The van der Waals surface area contributed by atoms with Crippen LogP contribution in [0, 0.1) is 0 Å². The molecule has 2 aromatic heterocycles. The van der Waals surface area contributed by atoms with Gasteiger partial charge in [0.2, 0.25) is 0 Å². The van der Waals surface area contributed by atoms with Gasteiger partial charge >= 0.3 is 11.8 Å². The van der Waals surface area contributed by atoms with Crippen LogP contribution < -0.4 is 11.3 Å². The first kappa shape index (κ1) is 14.1. The quantitative estimate of drug-likeness (QED) is 0.422. The minimum Gasteiger partial charge on any atom is -0.328 e. The van der Waals surface area contributed by atoms with E-state index in [1.165, 1.54) is 4.57 Å². The summed E-state index contributed by atoms with van der Waals surface area (Å²) in [7, 11) is 0. The number of hydrogen-bond donors (Lipinski definition) is 2. The minimum absolute atomic E-state index is 0.0589. The van der Waals surface area contributed by atoms with Crippen LogP contribution in [0.15, 0.2) is 28.8 Å². The fourth-order valence-corrected chi connectivity index (χ4v) is 2.04. The molecule has 0 spiro atoms. The molecule has 22 heavy (non-hydrogen) atoms. The number of carbonyl (C=O) groups is 1. The Morgan fingerprint density at radius 2 is 2.14 bits per heavy atom. The average Bonchev–Trinajstić information content (AvgIpc) is 3.12. The second kappa shape index (κ2) is 5.48. The maximum atomic E-state index is 13.1. The van der Waals surface area contributed by atoms with Crippen molar-refractivity contribution in [2.24, 2.45) is 5.84 Å². The van der Waals surface area contributed by atoms with Crippen LogP contribution in [-0.2, 0) is 6.54 Å². The Morgan fingerprint density at radius 3 is 2.86 bits per heavy atom. The molecule has 0 aliphatic rings. The van der Waals surface area contributed by atoms with Crippen LogP contribution in [0.2, 0.25) is 0 Å². The Balaban J connectivity index is 2.01. The van der Waals surface area contributed by atoms with Crippen LogP contribution in [0.3, 0.4) is 0 Å². The fraction of sp³-hybridized carbons (Fsp3) is 0.167. The third kappa shape index (κ3) is 2.39. The number of benzene rings is 1. The van der Waals surface area contributed by atoms with Crippen LogP contribution in [0.25, 0.3) is 11.0 Å². The van der Waals surface area contributed by atoms with E-state index in [0.29, 0.717) is 11.0 Å². The lowest BCUT2D eigenvalue weighted by molar-refractivity contribution is 0.0910. The average molecular weight is 308 g/mol. The molecule has 1 amide bonds. The van der Waals surface area contributed by atoms with Crippen molar-refractivity contribution in [2.45, 2.75) is 13.0 Å². The fourth-order valence-electron chi connectivity index (χ4n) is 2.04. The molecule has 3 N–H and O–H groups in total. The largest absolute Gasteiger partial charge is 0.328 e. The monoisotopic (exact) mass is 308 g/mol. The molecule has 0 fully saturated rings. The molecule has 8 nitrogen and oxygen atoms in total. The number of hydrazine groups is 1.